The van der Waals surface area contributed by atoms with E-state index in [9.17, 15) is 4.79 Å². The molecule has 0 saturated carbocycles. The Labute approximate surface area is 146 Å². The van der Waals surface area contributed by atoms with E-state index in [1.165, 1.54) is 103 Å². The van der Waals surface area contributed by atoms with Gasteiger partial charge < -0.3 is 0 Å². The Balaban J connectivity index is 3.04. The molecule has 0 heterocycles. The van der Waals surface area contributed by atoms with Crippen molar-refractivity contribution < 1.29 is 4.79 Å². The van der Waals surface area contributed by atoms with Crippen molar-refractivity contribution in [3.8, 4) is 0 Å². The van der Waals surface area contributed by atoms with Crippen LogP contribution < -0.4 is 0 Å². The predicted molar refractivity (Wildman–Crippen MR) is 104 cm³/mol. The first-order chi connectivity index (χ1) is 11.4. The number of hydrogen-bond donors (Lipinski definition) is 0. The van der Waals surface area contributed by atoms with Gasteiger partial charge in [-0.3, -0.25) is 4.79 Å². The highest BCUT2D eigenvalue weighted by atomic mass is 16.1. The maximum absolute atomic E-state index is 10.1. The van der Waals surface area contributed by atoms with Crippen LogP contribution in [0.5, 0.6) is 0 Å². The molecule has 0 unspecified atom stereocenters. The quantitative estimate of drug-likeness (QED) is 0.176. The van der Waals surface area contributed by atoms with Crippen LogP contribution in [0.4, 0.5) is 0 Å². The molecule has 135 valence electrons. The molecule has 0 rings (SSSR count). The molecular weight excluding hydrogens is 280 g/mol. The van der Waals surface area contributed by atoms with Gasteiger partial charge >= 0.3 is 0 Å². The summed E-state index contributed by atoms with van der Waals surface area (Å²) in [5.41, 5.74) is 0. The second-order valence-corrected chi connectivity index (χ2v) is 6.89. The van der Waals surface area contributed by atoms with Crippen LogP contribution in [0.25, 0.3) is 0 Å². The minimum Gasteiger partial charge on any atom is -0.291 e. The Kier molecular flexibility index (Phi) is 20.9. The fourth-order valence-corrected chi connectivity index (χ4v) is 2.98. The number of unbranched alkanes of at least 4 members (excludes halogenated alkanes) is 16. The number of allylic oxidation sites excluding steroid dienone is 2. The average Bonchev–Trinajstić information content (AvgIpc) is 2.57. The second-order valence-electron chi connectivity index (χ2n) is 6.89. The van der Waals surface area contributed by atoms with Gasteiger partial charge in [0, 0.05) is 6.42 Å². The van der Waals surface area contributed by atoms with Crippen molar-refractivity contribution >= 4 is 6.29 Å². The van der Waals surface area contributed by atoms with E-state index in [0.717, 1.165) is 6.42 Å². The molecule has 0 aliphatic rings. The molecule has 1 heteroatoms. The summed E-state index contributed by atoms with van der Waals surface area (Å²) < 4.78 is 0. The number of hydrogen-bond acceptors (Lipinski definition) is 1. The van der Waals surface area contributed by atoms with Crippen molar-refractivity contribution in [3.05, 3.63) is 12.2 Å². The Morgan fingerprint density at radius 1 is 0.565 bits per heavy atom. The van der Waals surface area contributed by atoms with E-state index < -0.39 is 0 Å². The predicted octanol–water partition coefficient (Wildman–Crippen LogP) is 7.69. The summed E-state index contributed by atoms with van der Waals surface area (Å²) in [7, 11) is 0. The highest BCUT2D eigenvalue weighted by molar-refractivity contribution is 5.50. The summed E-state index contributed by atoms with van der Waals surface area (Å²) in [6.45, 7) is 2.28. The van der Waals surface area contributed by atoms with Crippen molar-refractivity contribution in [1.82, 2.24) is 0 Å². The third-order valence-corrected chi connectivity index (χ3v) is 4.54. The van der Waals surface area contributed by atoms with Crippen LogP contribution in [0.15, 0.2) is 12.2 Å². The summed E-state index contributed by atoms with van der Waals surface area (Å²) in [5, 5.41) is 0. The molecule has 0 aromatic heterocycles. The monoisotopic (exact) mass is 321 g/mol. The molecule has 0 aromatic carbocycles. The van der Waals surface area contributed by atoms with Crippen LogP contribution in [-0.4, -0.2) is 6.29 Å². The van der Waals surface area contributed by atoms with E-state index in [0.29, 0.717) is 6.42 Å². The van der Waals surface area contributed by atoms with Crippen molar-refractivity contribution in [2.45, 2.75) is 122 Å². The molecule has 0 saturated heterocycles. The van der Waals surface area contributed by atoms with Gasteiger partial charge in [-0.25, -0.2) is 0 Å². The third kappa shape index (κ3) is 21.4. The molecule has 1 nitrogen and oxygen atoms in total. The molecule has 0 aliphatic heterocycles. The van der Waals surface area contributed by atoms with Gasteiger partial charge in [-0.05, 0) is 32.1 Å². The molecule has 0 atom stereocenters. The normalized spacial score (nSPS) is 11.3. The maximum Gasteiger partial charge on any atom is 0.198 e. The first-order valence-corrected chi connectivity index (χ1v) is 10.4. The van der Waals surface area contributed by atoms with Gasteiger partial charge in [0.15, 0.2) is 6.29 Å². The first kappa shape index (κ1) is 22.4. The molecule has 0 spiro atoms. The minimum atomic E-state index is 0.629. The highest BCUT2D eigenvalue weighted by Gasteiger charge is 1.92. The molecule has 0 fully saturated rings. The Morgan fingerprint density at radius 3 is 1.39 bits per heavy atom. The van der Waals surface area contributed by atoms with Gasteiger partial charge in [-0.2, -0.15) is 0 Å². The highest BCUT2D eigenvalue weighted by Crippen LogP contribution is 2.11. The third-order valence-electron chi connectivity index (χ3n) is 4.54. The van der Waals surface area contributed by atoms with Crippen molar-refractivity contribution in [2.75, 3.05) is 0 Å². The van der Waals surface area contributed by atoms with Crippen molar-refractivity contribution in [3.63, 3.8) is 0 Å². The first-order valence-electron chi connectivity index (χ1n) is 10.4. The number of rotatable bonds is 19. The molecule has 0 aliphatic carbocycles. The summed E-state index contributed by atoms with van der Waals surface area (Å²) >= 11 is 0. The lowest BCUT2D eigenvalue weighted by Gasteiger charge is -2.00. The SMILES string of the molecule is CCCCCCCCCCC=CCCCCCCCCC[C]=O. The van der Waals surface area contributed by atoms with Crippen LogP contribution >= 0.6 is 0 Å². The zero-order chi connectivity index (χ0) is 16.8. The Hall–Kier alpha value is -0.590. The van der Waals surface area contributed by atoms with E-state index in [-0.39, 0.29) is 0 Å². The van der Waals surface area contributed by atoms with Gasteiger partial charge in [-0.15, -0.1) is 0 Å². The fraction of sp³-hybridized carbons (Fsp3) is 0.864. The zero-order valence-electron chi connectivity index (χ0n) is 15.8. The zero-order valence-corrected chi connectivity index (χ0v) is 15.8. The summed E-state index contributed by atoms with van der Waals surface area (Å²) in [6, 6.07) is 0. The van der Waals surface area contributed by atoms with Crippen LogP contribution in [0.3, 0.4) is 0 Å². The van der Waals surface area contributed by atoms with Gasteiger partial charge in [0.05, 0.1) is 0 Å². The molecule has 0 bridgehead atoms. The van der Waals surface area contributed by atoms with E-state index in [4.69, 9.17) is 0 Å². The van der Waals surface area contributed by atoms with E-state index >= 15 is 0 Å². The Morgan fingerprint density at radius 2 is 0.957 bits per heavy atom. The lowest BCUT2D eigenvalue weighted by Crippen LogP contribution is -1.81. The van der Waals surface area contributed by atoms with E-state index in [1.54, 1.807) is 0 Å². The Bertz CT molecular complexity index is 244. The lowest BCUT2D eigenvalue weighted by molar-refractivity contribution is 0.540. The van der Waals surface area contributed by atoms with E-state index in [1.807, 2.05) is 6.29 Å². The van der Waals surface area contributed by atoms with Gasteiger partial charge in [0.2, 0.25) is 0 Å². The summed E-state index contributed by atoms with van der Waals surface area (Å²) in [4.78, 5) is 10.1. The van der Waals surface area contributed by atoms with Gasteiger partial charge in [0.1, 0.15) is 0 Å². The largest absolute Gasteiger partial charge is 0.291 e. The van der Waals surface area contributed by atoms with Crippen molar-refractivity contribution in [1.29, 1.82) is 0 Å². The summed E-state index contributed by atoms with van der Waals surface area (Å²) in [5.74, 6) is 0. The molecule has 0 N–H and O–H groups in total. The average molecular weight is 322 g/mol. The van der Waals surface area contributed by atoms with Gasteiger partial charge in [0.25, 0.3) is 0 Å². The molecule has 1 radical (unpaired) electrons. The van der Waals surface area contributed by atoms with Gasteiger partial charge in [-0.1, -0.05) is 96.1 Å². The summed E-state index contributed by atoms with van der Waals surface area (Å²) in [6.07, 6.45) is 30.2. The molecule has 0 amide bonds. The number of carbonyl (C=O) groups excluding carboxylic acids is 1. The van der Waals surface area contributed by atoms with Crippen molar-refractivity contribution in [2.24, 2.45) is 0 Å². The topological polar surface area (TPSA) is 17.1 Å². The lowest BCUT2D eigenvalue weighted by atomic mass is 10.1. The van der Waals surface area contributed by atoms with Crippen LogP contribution in [0, 0.1) is 0 Å². The fourth-order valence-electron chi connectivity index (χ4n) is 2.98. The van der Waals surface area contributed by atoms with E-state index in [2.05, 4.69) is 19.1 Å². The standard InChI is InChI=1S/C22H41O/c1-2-3-4-5-6-7-8-9-10-11-12-13-14-15-16-17-18-19-20-21-22-23/h11-12H,2-10,13-21H2,1H3. The molecular formula is C22H41O. The van der Waals surface area contributed by atoms with Crippen LogP contribution in [0.2, 0.25) is 0 Å². The maximum atomic E-state index is 10.1. The second kappa shape index (κ2) is 21.4. The van der Waals surface area contributed by atoms with Crippen LogP contribution in [0.1, 0.15) is 122 Å². The van der Waals surface area contributed by atoms with Crippen LogP contribution in [-0.2, 0) is 4.79 Å². The molecule has 23 heavy (non-hydrogen) atoms. The molecule has 0 aromatic rings. The minimum absolute atomic E-state index is 0.629. The smallest absolute Gasteiger partial charge is 0.198 e.